The van der Waals surface area contributed by atoms with Gasteiger partial charge in [0.2, 0.25) is 0 Å². The fourth-order valence-electron chi connectivity index (χ4n) is 2.88. The molecule has 0 saturated carbocycles. The SMILES string of the molecule is Cc1ccc(Cn2c(-c3cccs3)cc(C(F)(F)F)c(N)c2=O)c(C)c1. The molecule has 26 heavy (non-hydrogen) atoms. The number of benzene rings is 1. The lowest BCUT2D eigenvalue weighted by molar-refractivity contribution is -0.137. The molecule has 0 spiro atoms. The molecular formula is C19H17F3N2OS. The lowest BCUT2D eigenvalue weighted by atomic mass is 10.0. The van der Waals surface area contributed by atoms with Crippen molar-refractivity contribution in [1.29, 1.82) is 0 Å². The Morgan fingerprint density at radius 3 is 2.46 bits per heavy atom. The van der Waals surface area contributed by atoms with Crippen molar-refractivity contribution in [3.63, 3.8) is 0 Å². The first kappa shape index (κ1) is 18.3. The number of alkyl halides is 3. The molecule has 0 atom stereocenters. The van der Waals surface area contributed by atoms with Crippen LogP contribution in [0.1, 0.15) is 22.3 Å². The van der Waals surface area contributed by atoms with Gasteiger partial charge in [-0.1, -0.05) is 29.8 Å². The molecule has 0 fully saturated rings. The van der Waals surface area contributed by atoms with E-state index in [0.717, 1.165) is 22.8 Å². The standard InChI is InChI=1S/C19H17F3N2OS/c1-11-5-6-13(12(2)8-11)10-24-15(16-4-3-7-26-16)9-14(19(20,21)22)17(23)18(24)25/h3-9H,10,23H2,1-2H3. The van der Waals surface area contributed by atoms with Gasteiger partial charge in [0.05, 0.1) is 22.7 Å². The van der Waals surface area contributed by atoms with E-state index in [1.165, 1.54) is 15.9 Å². The number of nitrogens with two attached hydrogens (primary N) is 1. The van der Waals surface area contributed by atoms with Crippen LogP contribution in [-0.2, 0) is 12.7 Å². The molecule has 0 radical (unpaired) electrons. The van der Waals surface area contributed by atoms with Gasteiger partial charge in [-0.25, -0.2) is 0 Å². The van der Waals surface area contributed by atoms with E-state index >= 15 is 0 Å². The molecular weight excluding hydrogens is 361 g/mol. The van der Waals surface area contributed by atoms with Gasteiger partial charge in [-0.3, -0.25) is 4.79 Å². The summed E-state index contributed by atoms with van der Waals surface area (Å²) in [7, 11) is 0. The Balaban J connectivity index is 2.24. The van der Waals surface area contributed by atoms with Crippen molar-refractivity contribution in [3.8, 4) is 10.6 Å². The van der Waals surface area contributed by atoms with Crippen LogP contribution in [0.2, 0.25) is 0 Å². The van der Waals surface area contributed by atoms with Crippen LogP contribution in [0.3, 0.4) is 0 Å². The largest absolute Gasteiger partial charge is 0.418 e. The van der Waals surface area contributed by atoms with E-state index in [4.69, 9.17) is 5.73 Å². The average Bonchev–Trinajstić information content (AvgIpc) is 3.07. The number of pyridine rings is 1. The Labute approximate surface area is 152 Å². The lowest BCUT2D eigenvalue weighted by Crippen LogP contribution is -2.28. The maximum atomic E-state index is 13.3. The van der Waals surface area contributed by atoms with Gasteiger partial charge in [-0.2, -0.15) is 13.2 Å². The minimum absolute atomic E-state index is 0.153. The summed E-state index contributed by atoms with van der Waals surface area (Å²) in [6.45, 7) is 4.02. The summed E-state index contributed by atoms with van der Waals surface area (Å²) in [6.07, 6.45) is -4.69. The highest BCUT2D eigenvalue weighted by Crippen LogP contribution is 2.36. The summed E-state index contributed by atoms with van der Waals surface area (Å²) in [5.74, 6) is 0. The third-order valence-corrected chi connectivity index (χ3v) is 5.14. The molecule has 0 aliphatic carbocycles. The number of thiophene rings is 1. The quantitative estimate of drug-likeness (QED) is 0.709. The third kappa shape index (κ3) is 3.39. The number of nitrogens with zero attached hydrogens (tertiary/aromatic N) is 1. The number of halogens is 3. The molecule has 3 rings (SSSR count). The third-order valence-electron chi connectivity index (χ3n) is 4.24. The molecule has 7 heteroatoms. The van der Waals surface area contributed by atoms with Crippen LogP contribution < -0.4 is 11.3 Å². The van der Waals surface area contributed by atoms with Crippen LogP contribution in [0.4, 0.5) is 18.9 Å². The second-order valence-electron chi connectivity index (χ2n) is 6.15. The van der Waals surface area contributed by atoms with Crippen molar-refractivity contribution in [1.82, 2.24) is 4.57 Å². The molecule has 2 N–H and O–H groups in total. The summed E-state index contributed by atoms with van der Waals surface area (Å²) < 4.78 is 41.2. The zero-order valence-corrected chi connectivity index (χ0v) is 15.0. The molecule has 0 amide bonds. The normalized spacial score (nSPS) is 11.7. The summed E-state index contributed by atoms with van der Waals surface area (Å²) in [5.41, 5.74) is 5.97. The van der Waals surface area contributed by atoms with E-state index in [1.807, 2.05) is 32.0 Å². The van der Waals surface area contributed by atoms with Crippen molar-refractivity contribution >= 4 is 17.0 Å². The highest BCUT2D eigenvalue weighted by atomic mass is 32.1. The number of aryl methyl sites for hydroxylation is 2. The molecule has 0 unspecified atom stereocenters. The number of anilines is 1. The van der Waals surface area contributed by atoms with Gasteiger partial charge in [0.15, 0.2) is 0 Å². The summed E-state index contributed by atoms with van der Waals surface area (Å²) in [4.78, 5) is 13.3. The van der Waals surface area contributed by atoms with E-state index in [0.29, 0.717) is 4.88 Å². The Hall–Kier alpha value is -2.54. The Bertz CT molecular complexity index is 1000. The van der Waals surface area contributed by atoms with E-state index in [2.05, 4.69) is 0 Å². The second kappa shape index (κ2) is 6.64. The molecule has 1 aromatic carbocycles. The Morgan fingerprint density at radius 2 is 1.88 bits per heavy atom. The molecule has 3 nitrogen and oxygen atoms in total. The van der Waals surface area contributed by atoms with Crippen LogP contribution >= 0.6 is 11.3 Å². The van der Waals surface area contributed by atoms with E-state index in [9.17, 15) is 18.0 Å². The number of hydrogen-bond donors (Lipinski definition) is 1. The number of rotatable bonds is 3. The maximum absolute atomic E-state index is 13.3. The first-order valence-electron chi connectivity index (χ1n) is 7.89. The number of aromatic nitrogens is 1. The van der Waals surface area contributed by atoms with Crippen LogP contribution in [0, 0.1) is 13.8 Å². The molecule has 2 aromatic heterocycles. The van der Waals surface area contributed by atoms with E-state index in [1.54, 1.807) is 17.5 Å². The zero-order valence-electron chi connectivity index (χ0n) is 14.2. The van der Waals surface area contributed by atoms with Gasteiger partial charge < -0.3 is 10.3 Å². The van der Waals surface area contributed by atoms with Crippen molar-refractivity contribution in [2.24, 2.45) is 0 Å². The highest BCUT2D eigenvalue weighted by molar-refractivity contribution is 7.13. The van der Waals surface area contributed by atoms with Crippen molar-refractivity contribution in [3.05, 3.63) is 74.4 Å². The lowest BCUT2D eigenvalue weighted by Gasteiger charge is -2.18. The summed E-state index contributed by atoms with van der Waals surface area (Å²) in [6, 6.07) is 10.1. The van der Waals surface area contributed by atoms with E-state index in [-0.39, 0.29) is 12.2 Å². The van der Waals surface area contributed by atoms with Gasteiger partial charge in [-0.05, 0) is 42.5 Å². The van der Waals surface area contributed by atoms with Crippen LogP contribution in [0.15, 0.2) is 46.6 Å². The molecule has 3 aromatic rings. The summed E-state index contributed by atoms with van der Waals surface area (Å²) in [5, 5.41) is 1.75. The van der Waals surface area contributed by atoms with Crippen LogP contribution in [0.25, 0.3) is 10.6 Å². The minimum atomic E-state index is -4.69. The minimum Gasteiger partial charge on any atom is -0.394 e. The molecule has 0 aliphatic heterocycles. The van der Waals surface area contributed by atoms with Gasteiger partial charge in [0, 0.05) is 0 Å². The summed E-state index contributed by atoms with van der Waals surface area (Å²) >= 11 is 1.27. The maximum Gasteiger partial charge on any atom is 0.418 e. The van der Waals surface area contributed by atoms with Gasteiger partial charge in [0.25, 0.3) is 5.56 Å². The first-order chi connectivity index (χ1) is 12.2. The molecule has 2 heterocycles. The van der Waals surface area contributed by atoms with Gasteiger partial charge in [0.1, 0.15) is 5.69 Å². The fourth-order valence-corrected chi connectivity index (χ4v) is 3.63. The number of hydrogen-bond acceptors (Lipinski definition) is 3. The Morgan fingerprint density at radius 1 is 1.15 bits per heavy atom. The van der Waals surface area contributed by atoms with Crippen molar-refractivity contribution in [2.45, 2.75) is 26.6 Å². The van der Waals surface area contributed by atoms with Crippen molar-refractivity contribution in [2.75, 3.05) is 5.73 Å². The average molecular weight is 378 g/mol. The second-order valence-corrected chi connectivity index (χ2v) is 7.10. The smallest absolute Gasteiger partial charge is 0.394 e. The molecule has 136 valence electrons. The van der Waals surface area contributed by atoms with Crippen LogP contribution in [0.5, 0.6) is 0 Å². The van der Waals surface area contributed by atoms with E-state index < -0.39 is 23.0 Å². The molecule has 0 bridgehead atoms. The first-order valence-corrected chi connectivity index (χ1v) is 8.77. The van der Waals surface area contributed by atoms with Crippen LogP contribution in [-0.4, -0.2) is 4.57 Å². The molecule has 0 aliphatic rings. The molecule has 0 saturated heterocycles. The Kier molecular flexibility index (Phi) is 4.66. The van der Waals surface area contributed by atoms with Crippen molar-refractivity contribution < 1.29 is 13.2 Å². The number of nitrogen functional groups attached to an aromatic ring is 1. The fraction of sp³-hybridized carbons (Fsp3) is 0.211. The zero-order chi connectivity index (χ0) is 19.1. The monoisotopic (exact) mass is 378 g/mol. The predicted octanol–water partition coefficient (Wildman–Crippen LogP) is 4.84. The van der Waals surface area contributed by atoms with Gasteiger partial charge >= 0.3 is 6.18 Å². The van der Waals surface area contributed by atoms with Gasteiger partial charge in [-0.15, -0.1) is 11.3 Å². The topological polar surface area (TPSA) is 48.0 Å². The predicted molar refractivity (Wildman–Crippen MR) is 98.4 cm³/mol. The highest BCUT2D eigenvalue weighted by Gasteiger charge is 2.35.